The van der Waals surface area contributed by atoms with E-state index < -0.39 is 22.8 Å². The molecule has 0 aromatic rings. The monoisotopic (exact) mass is 534 g/mol. The van der Waals surface area contributed by atoms with Crippen molar-refractivity contribution in [2.75, 3.05) is 13.2 Å². The third-order valence-corrected chi connectivity index (χ3v) is 2.69. The summed E-state index contributed by atoms with van der Waals surface area (Å²) in [6.45, 7) is 9.41. The van der Waals surface area contributed by atoms with Crippen LogP contribution in [0.5, 0.6) is 0 Å². The molecular weight excluding hydrogens is 499 g/mol. The number of rotatable bonds is 6. The van der Waals surface area contributed by atoms with Crippen molar-refractivity contribution in [2.24, 2.45) is 20.9 Å². The molecule has 24 heavy (non-hydrogen) atoms. The fourth-order valence-corrected chi connectivity index (χ4v) is 0.591. The second-order valence-electron chi connectivity index (χ2n) is 6.46. The molecule has 0 amide bonds. The van der Waals surface area contributed by atoms with Crippen molar-refractivity contribution in [3.8, 4) is 0 Å². The maximum absolute atomic E-state index is 10.1. The first-order valence-corrected chi connectivity index (χ1v) is 8.72. The molecule has 0 rings (SSSR count). The van der Waals surface area contributed by atoms with E-state index in [4.69, 9.17) is 26.2 Å². The molecule has 0 aromatic heterocycles. The van der Waals surface area contributed by atoms with Gasteiger partial charge in [0.2, 0.25) is 0 Å². The van der Waals surface area contributed by atoms with Crippen molar-refractivity contribution in [3.63, 3.8) is 0 Å². The Morgan fingerprint density at radius 2 is 1.21 bits per heavy atom. The summed E-state index contributed by atoms with van der Waals surface area (Å²) in [4.78, 5) is 20.2. The first kappa shape index (κ1) is 31.3. The number of aliphatic carboxylic acids is 2. The SMILES string of the molecule is CC(C)(CO)C(=O)O.CC(C)(CO)C(=O)O.CCC[C@@H](C)N.[NH2][Pt]. The van der Waals surface area contributed by atoms with Gasteiger partial charge in [0.15, 0.2) is 0 Å². The second-order valence-corrected chi connectivity index (χ2v) is 6.46. The van der Waals surface area contributed by atoms with Crippen LogP contribution in [0.4, 0.5) is 0 Å². The number of carboxylic acids is 2. The average Bonchev–Trinajstić information content (AvgIpc) is 2.50. The number of aliphatic hydroxyl groups is 2. The van der Waals surface area contributed by atoms with E-state index in [0.29, 0.717) is 6.04 Å². The zero-order valence-corrected chi connectivity index (χ0v) is 17.8. The van der Waals surface area contributed by atoms with Gasteiger partial charge >= 0.3 is 36.3 Å². The van der Waals surface area contributed by atoms with Crippen molar-refractivity contribution in [2.45, 2.75) is 60.4 Å². The summed E-state index contributed by atoms with van der Waals surface area (Å²) < 4.78 is 4.47. The fourth-order valence-electron chi connectivity index (χ4n) is 0.591. The van der Waals surface area contributed by atoms with E-state index in [9.17, 15) is 9.59 Å². The first-order valence-electron chi connectivity index (χ1n) is 7.40. The molecule has 0 aromatic carbocycles. The summed E-state index contributed by atoms with van der Waals surface area (Å²) in [6, 6.07) is 0.398. The normalized spacial score (nSPS) is 11.5. The quantitative estimate of drug-likeness (QED) is 0.290. The molecule has 0 bridgehead atoms. The van der Waals surface area contributed by atoms with Crippen molar-refractivity contribution in [3.05, 3.63) is 0 Å². The van der Waals surface area contributed by atoms with Gasteiger partial charge < -0.3 is 26.2 Å². The van der Waals surface area contributed by atoms with Crippen molar-refractivity contribution in [1.29, 1.82) is 0 Å². The van der Waals surface area contributed by atoms with Crippen LogP contribution in [0, 0.1) is 10.8 Å². The molecular formula is C15H35N2O6Pt. The molecule has 0 saturated carbocycles. The van der Waals surface area contributed by atoms with Gasteiger partial charge in [-0.15, -0.1) is 0 Å². The van der Waals surface area contributed by atoms with Crippen molar-refractivity contribution in [1.82, 2.24) is 0 Å². The molecule has 151 valence electrons. The Kier molecular flexibility index (Phi) is 22.5. The van der Waals surface area contributed by atoms with Crippen LogP contribution in [0.1, 0.15) is 54.4 Å². The van der Waals surface area contributed by atoms with Gasteiger partial charge in [0.1, 0.15) is 0 Å². The number of nitrogens with two attached hydrogens (primary N) is 2. The van der Waals surface area contributed by atoms with E-state index in [2.05, 4.69) is 11.2 Å². The number of hydrogen-bond donors (Lipinski definition) is 6. The number of carboxylic acid groups (broad SMARTS) is 2. The van der Waals surface area contributed by atoms with E-state index in [1.165, 1.54) is 34.1 Å². The van der Waals surface area contributed by atoms with Crippen LogP contribution < -0.4 is 10.0 Å². The molecule has 9 heteroatoms. The molecule has 0 aliphatic heterocycles. The summed E-state index contributed by atoms with van der Waals surface area (Å²) in [5.74, 6) is -1.94. The van der Waals surface area contributed by atoms with E-state index in [1.807, 2.05) is 6.92 Å². The van der Waals surface area contributed by atoms with Gasteiger partial charge in [-0.25, -0.2) is 0 Å². The Bertz CT molecular complexity index is 297. The van der Waals surface area contributed by atoms with Gasteiger partial charge in [-0.1, -0.05) is 13.3 Å². The molecule has 0 aliphatic carbocycles. The summed E-state index contributed by atoms with van der Waals surface area (Å²) in [7, 11) is 0. The Morgan fingerprint density at radius 3 is 1.21 bits per heavy atom. The fraction of sp³-hybridized carbons (Fsp3) is 0.867. The van der Waals surface area contributed by atoms with Crippen LogP contribution >= 0.6 is 0 Å². The molecule has 8 nitrogen and oxygen atoms in total. The van der Waals surface area contributed by atoms with Crippen LogP contribution in [0.15, 0.2) is 0 Å². The minimum absolute atomic E-state index is 0.317. The first-order chi connectivity index (χ1) is 10.8. The zero-order valence-electron chi connectivity index (χ0n) is 15.5. The van der Waals surface area contributed by atoms with Crippen LogP contribution in [0.3, 0.4) is 0 Å². The third kappa shape index (κ3) is 21.5. The second kappa shape index (κ2) is 17.3. The summed E-state index contributed by atoms with van der Waals surface area (Å²) in [5.41, 5.74) is 3.43. The third-order valence-electron chi connectivity index (χ3n) is 2.69. The van der Waals surface area contributed by atoms with E-state index >= 15 is 0 Å². The summed E-state index contributed by atoms with van der Waals surface area (Å²) in [5, 5.41) is 33.3. The van der Waals surface area contributed by atoms with Gasteiger partial charge in [0.05, 0.1) is 24.0 Å². The summed E-state index contributed by atoms with van der Waals surface area (Å²) >= 11 is 1.64. The zero-order chi connectivity index (χ0) is 20.6. The molecule has 0 unspecified atom stereocenters. The molecule has 0 heterocycles. The van der Waals surface area contributed by atoms with E-state index in [-0.39, 0.29) is 13.2 Å². The van der Waals surface area contributed by atoms with Crippen molar-refractivity contribution >= 4 is 11.9 Å². The Labute approximate surface area is 156 Å². The van der Waals surface area contributed by atoms with Crippen LogP contribution in [0.25, 0.3) is 0 Å². The van der Waals surface area contributed by atoms with Gasteiger partial charge in [0, 0.05) is 6.04 Å². The van der Waals surface area contributed by atoms with Gasteiger partial charge in [-0.2, -0.15) is 0 Å². The maximum atomic E-state index is 10.1. The minimum atomic E-state index is -0.986. The Hall–Kier alpha value is -0.532. The molecule has 1 atom stereocenters. The number of hydrogen-bond acceptors (Lipinski definition) is 6. The van der Waals surface area contributed by atoms with E-state index in [0.717, 1.165) is 6.42 Å². The Morgan fingerprint density at radius 1 is 0.958 bits per heavy atom. The summed E-state index contributed by atoms with van der Waals surface area (Å²) in [6.07, 6.45) is 2.36. The Balaban J connectivity index is -0.000000120. The van der Waals surface area contributed by atoms with Gasteiger partial charge in [-0.3, -0.25) is 9.59 Å². The molecule has 0 radical (unpaired) electrons. The predicted molar refractivity (Wildman–Crippen MR) is 89.8 cm³/mol. The molecule has 8 N–H and O–H groups in total. The van der Waals surface area contributed by atoms with Crippen LogP contribution in [0.2, 0.25) is 0 Å². The van der Waals surface area contributed by atoms with Gasteiger partial charge in [0.25, 0.3) is 0 Å². The van der Waals surface area contributed by atoms with Crippen molar-refractivity contribution < 1.29 is 50.1 Å². The van der Waals surface area contributed by atoms with Crippen LogP contribution in [-0.2, 0) is 29.7 Å². The van der Waals surface area contributed by atoms with Gasteiger partial charge in [-0.05, 0) is 41.0 Å². The van der Waals surface area contributed by atoms with E-state index in [1.54, 1.807) is 20.1 Å². The van der Waals surface area contributed by atoms with Crippen LogP contribution in [-0.4, -0.2) is 51.6 Å². The molecule has 0 aliphatic rings. The number of carbonyl (C=O) groups is 2. The standard InChI is InChI=1S/C5H13N.2C5H10O3.H2N.Pt/c1-3-4-5(2)6;2*1-5(2,3-6)4(7)8;;/h5H,3-4,6H2,1-2H3;2*6H,3H2,1-2H3,(H,7,8);1H2;/q;;;-1;+1/t5-;;;;/m1..../s1. The molecule has 0 saturated heterocycles. The molecule has 0 spiro atoms. The topological polar surface area (TPSA) is 167 Å². The molecule has 0 fully saturated rings. The predicted octanol–water partition coefficient (Wildman–Crippen LogP) is 0.720. The number of aliphatic hydroxyl groups excluding tert-OH is 2. The average molecular weight is 535 g/mol.